The molecule has 2 rings (SSSR count). The number of nitrogens with zero attached hydrogens (tertiary/aromatic N) is 1. The Morgan fingerprint density at radius 2 is 2.20 bits per heavy atom. The molecule has 106 valence electrons. The van der Waals surface area contributed by atoms with Gasteiger partial charge in [0.15, 0.2) is 0 Å². The molecule has 0 unspecified atom stereocenters. The van der Waals surface area contributed by atoms with Crippen LogP contribution in [0.3, 0.4) is 0 Å². The quantitative estimate of drug-likeness (QED) is 0.873. The smallest absolute Gasteiger partial charge is 0.229 e. The molecular formula is C14H15FN2OS2. The van der Waals surface area contributed by atoms with Crippen LogP contribution in [0.2, 0.25) is 0 Å². The number of hydrogen-bond donors (Lipinski definition) is 1. The van der Waals surface area contributed by atoms with Crippen LogP contribution in [0.1, 0.15) is 16.1 Å². The van der Waals surface area contributed by atoms with Gasteiger partial charge in [-0.15, -0.1) is 11.3 Å². The number of benzene rings is 1. The molecule has 3 nitrogen and oxygen atoms in total. The third-order valence-electron chi connectivity index (χ3n) is 2.83. The summed E-state index contributed by atoms with van der Waals surface area (Å²) in [5, 5.41) is 2.81. The topological polar surface area (TPSA) is 42.0 Å². The van der Waals surface area contributed by atoms with Gasteiger partial charge in [-0.1, -0.05) is 11.8 Å². The molecule has 1 N–H and O–H groups in total. The van der Waals surface area contributed by atoms with Gasteiger partial charge in [0.2, 0.25) is 5.91 Å². The van der Waals surface area contributed by atoms with Gasteiger partial charge in [-0.25, -0.2) is 9.37 Å². The first-order valence-corrected chi connectivity index (χ1v) is 8.10. The number of rotatable bonds is 4. The molecule has 0 saturated carbocycles. The SMILES string of the molecule is CSc1nc(C)c(CC(=O)Nc2ccc(F)cc2C)s1. The van der Waals surface area contributed by atoms with Gasteiger partial charge in [0.05, 0.1) is 12.1 Å². The minimum atomic E-state index is -0.302. The molecule has 2 aromatic rings. The maximum absolute atomic E-state index is 13.0. The molecular weight excluding hydrogens is 295 g/mol. The van der Waals surface area contributed by atoms with Gasteiger partial charge >= 0.3 is 0 Å². The van der Waals surface area contributed by atoms with Crippen molar-refractivity contribution >= 4 is 34.7 Å². The first-order valence-electron chi connectivity index (χ1n) is 6.06. The van der Waals surface area contributed by atoms with E-state index in [1.54, 1.807) is 24.8 Å². The fourth-order valence-corrected chi connectivity index (χ4v) is 3.41. The molecule has 0 atom stereocenters. The Morgan fingerprint density at radius 1 is 1.45 bits per heavy atom. The number of amides is 1. The predicted molar refractivity (Wildman–Crippen MR) is 82.1 cm³/mol. The maximum atomic E-state index is 13.0. The molecule has 0 radical (unpaired) electrons. The Labute approximate surface area is 125 Å². The van der Waals surface area contributed by atoms with Crippen molar-refractivity contribution in [1.29, 1.82) is 0 Å². The minimum Gasteiger partial charge on any atom is -0.326 e. The second-order valence-corrected chi connectivity index (χ2v) is 6.51. The summed E-state index contributed by atoms with van der Waals surface area (Å²) in [7, 11) is 0. The number of thioether (sulfide) groups is 1. The van der Waals surface area contributed by atoms with Gasteiger partial charge < -0.3 is 5.32 Å². The van der Waals surface area contributed by atoms with E-state index in [4.69, 9.17) is 0 Å². The van der Waals surface area contributed by atoms with Crippen LogP contribution in [-0.4, -0.2) is 17.1 Å². The van der Waals surface area contributed by atoms with Crippen molar-refractivity contribution in [2.24, 2.45) is 0 Å². The number of thiazole rings is 1. The number of anilines is 1. The van der Waals surface area contributed by atoms with Gasteiger partial charge in [0.25, 0.3) is 0 Å². The number of aryl methyl sites for hydroxylation is 2. The van der Waals surface area contributed by atoms with Gasteiger partial charge in [-0.2, -0.15) is 0 Å². The van der Waals surface area contributed by atoms with Crippen LogP contribution in [0, 0.1) is 19.7 Å². The molecule has 20 heavy (non-hydrogen) atoms. The Kier molecular flexibility index (Phi) is 4.77. The molecule has 0 saturated heterocycles. The highest BCUT2D eigenvalue weighted by molar-refractivity contribution is 8.00. The maximum Gasteiger partial charge on any atom is 0.229 e. The number of carbonyl (C=O) groups is 1. The third kappa shape index (κ3) is 3.58. The first-order chi connectivity index (χ1) is 9.49. The van der Waals surface area contributed by atoms with Gasteiger partial charge in [0.1, 0.15) is 10.2 Å². The van der Waals surface area contributed by atoms with Gasteiger partial charge in [-0.05, 0) is 43.9 Å². The molecule has 1 amide bonds. The normalized spacial score (nSPS) is 10.6. The lowest BCUT2D eigenvalue weighted by molar-refractivity contribution is -0.115. The van der Waals surface area contributed by atoms with E-state index in [-0.39, 0.29) is 11.7 Å². The zero-order valence-corrected chi connectivity index (χ0v) is 13.1. The summed E-state index contributed by atoms with van der Waals surface area (Å²) in [6.45, 7) is 3.67. The number of carbonyl (C=O) groups excluding carboxylic acids is 1. The average Bonchev–Trinajstić information content (AvgIpc) is 2.74. The molecule has 1 aromatic heterocycles. The molecule has 0 spiro atoms. The number of nitrogens with one attached hydrogen (secondary N) is 1. The average molecular weight is 310 g/mol. The molecule has 0 bridgehead atoms. The van der Waals surface area contributed by atoms with E-state index < -0.39 is 0 Å². The van der Waals surface area contributed by atoms with E-state index in [0.29, 0.717) is 17.7 Å². The van der Waals surface area contributed by atoms with Crippen molar-refractivity contribution in [3.63, 3.8) is 0 Å². The van der Waals surface area contributed by atoms with E-state index >= 15 is 0 Å². The molecule has 1 heterocycles. The van der Waals surface area contributed by atoms with Crippen molar-refractivity contribution in [3.05, 3.63) is 40.2 Å². The highest BCUT2D eigenvalue weighted by atomic mass is 32.2. The van der Waals surface area contributed by atoms with E-state index in [1.165, 1.54) is 23.5 Å². The summed E-state index contributed by atoms with van der Waals surface area (Å²) in [5.41, 5.74) is 2.25. The molecule has 6 heteroatoms. The van der Waals surface area contributed by atoms with E-state index in [1.807, 2.05) is 13.2 Å². The van der Waals surface area contributed by atoms with E-state index in [2.05, 4.69) is 10.3 Å². The lowest BCUT2D eigenvalue weighted by atomic mass is 10.2. The van der Waals surface area contributed by atoms with Crippen LogP contribution < -0.4 is 5.32 Å². The summed E-state index contributed by atoms with van der Waals surface area (Å²) in [6.07, 6.45) is 2.25. The monoisotopic (exact) mass is 310 g/mol. The minimum absolute atomic E-state index is 0.112. The van der Waals surface area contributed by atoms with Gasteiger partial charge in [-0.3, -0.25) is 4.79 Å². The predicted octanol–water partition coefficient (Wildman–Crippen LogP) is 3.80. The van der Waals surface area contributed by atoms with Crippen molar-refractivity contribution in [3.8, 4) is 0 Å². The standard InChI is InChI=1S/C14H15FN2OS2/c1-8-6-10(15)4-5-11(8)17-13(18)7-12-9(2)16-14(19-3)20-12/h4-6H,7H2,1-3H3,(H,17,18). The van der Waals surface area contributed by atoms with Gasteiger partial charge in [0, 0.05) is 10.6 Å². The fourth-order valence-electron chi connectivity index (χ4n) is 1.76. The van der Waals surface area contributed by atoms with Crippen LogP contribution in [-0.2, 0) is 11.2 Å². The zero-order valence-electron chi connectivity index (χ0n) is 11.5. The summed E-state index contributed by atoms with van der Waals surface area (Å²) >= 11 is 3.11. The second kappa shape index (κ2) is 6.37. The lowest BCUT2D eigenvalue weighted by Crippen LogP contribution is -2.15. The van der Waals surface area contributed by atoms with Crippen LogP contribution in [0.5, 0.6) is 0 Å². The Hall–Kier alpha value is -1.40. The van der Waals surface area contributed by atoms with E-state index in [9.17, 15) is 9.18 Å². The highest BCUT2D eigenvalue weighted by Crippen LogP contribution is 2.26. The van der Waals surface area contributed by atoms with E-state index in [0.717, 1.165) is 14.9 Å². The zero-order chi connectivity index (χ0) is 14.7. The van der Waals surface area contributed by atoms with Crippen LogP contribution in [0.4, 0.5) is 10.1 Å². The highest BCUT2D eigenvalue weighted by Gasteiger charge is 2.12. The summed E-state index contributed by atoms with van der Waals surface area (Å²) in [5.74, 6) is -0.414. The third-order valence-corrected chi connectivity index (χ3v) is 4.97. The molecule has 1 aromatic carbocycles. The van der Waals surface area contributed by atoms with Crippen molar-refractivity contribution in [1.82, 2.24) is 4.98 Å². The first kappa shape index (κ1) is 15.0. The summed E-state index contributed by atoms with van der Waals surface area (Å²) in [4.78, 5) is 17.4. The molecule has 0 aliphatic heterocycles. The Balaban J connectivity index is 2.06. The molecule has 0 aliphatic rings. The number of hydrogen-bond acceptors (Lipinski definition) is 4. The summed E-state index contributed by atoms with van der Waals surface area (Å²) < 4.78 is 14.0. The van der Waals surface area contributed by atoms with Crippen LogP contribution >= 0.6 is 23.1 Å². The lowest BCUT2D eigenvalue weighted by Gasteiger charge is -2.07. The summed E-state index contributed by atoms with van der Waals surface area (Å²) in [6, 6.07) is 4.32. The number of aromatic nitrogens is 1. The second-order valence-electron chi connectivity index (χ2n) is 4.38. The van der Waals surface area contributed by atoms with Crippen LogP contribution in [0.25, 0.3) is 0 Å². The number of halogens is 1. The molecule has 0 fully saturated rings. The Morgan fingerprint density at radius 3 is 2.80 bits per heavy atom. The van der Waals surface area contributed by atoms with Crippen molar-refractivity contribution in [2.45, 2.75) is 24.6 Å². The largest absolute Gasteiger partial charge is 0.326 e. The fraction of sp³-hybridized carbons (Fsp3) is 0.286. The Bertz CT molecular complexity index is 640. The molecule has 0 aliphatic carbocycles. The van der Waals surface area contributed by atoms with Crippen molar-refractivity contribution < 1.29 is 9.18 Å². The van der Waals surface area contributed by atoms with Crippen molar-refractivity contribution in [2.75, 3.05) is 11.6 Å². The van der Waals surface area contributed by atoms with Crippen LogP contribution in [0.15, 0.2) is 22.5 Å².